The highest BCUT2D eigenvalue weighted by Gasteiger charge is 2.14. The van der Waals surface area contributed by atoms with E-state index in [4.69, 9.17) is 10.00 Å². The maximum Gasteiger partial charge on any atom is 0.232 e. The van der Waals surface area contributed by atoms with Crippen molar-refractivity contribution in [3.8, 4) is 11.8 Å². The lowest BCUT2D eigenvalue weighted by Crippen LogP contribution is -2.28. The largest absolute Gasteiger partial charge is 0.486 e. The number of nitriles is 1. The van der Waals surface area contributed by atoms with Crippen LogP contribution in [0, 0.1) is 18.3 Å². The number of nitrogens with zero attached hydrogens (tertiary/aromatic N) is 3. The molecule has 0 saturated carbocycles. The Morgan fingerprint density at radius 1 is 1.26 bits per heavy atom. The lowest BCUT2D eigenvalue weighted by atomic mass is 10.2. The minimum atomic E-state index is -0.0820. The second-order valence-electron chi connectivity index (χ2n) is 6.13. The number of thiazole rings is 1. The van der Waals surface area contributed by atoms with Crippen molar-refractivity contribution >= 4 is 22.9 Å². The normalized spacial score (nSPS) is 10.3. The van der Waals surface area contributed by atoms with E-state index in [0.29, 0.717) is 17.9 Å². The third kappa shape index (κ3) is 4.93. The van der Waals surface area contributed by atoms with Crippen LogP contribution in [0.15, 0.2) is 53.9 Å². The molecular weight excluding hydrogens is 358 g/mol. The summed E-state index contributed by atoms with van der Waals surface area (Å²) in [7, 11) is 1.70. The van der Waals surface area contributed by atoms with Gasteiger partial charge in [-0.25, -0.2) is 4.98 Å². The average Bonchev–Trinajstić information content (AvgIpc) is 3.14. The van der Waals surface area contributed by atoms with Crippen LogP contribution < -0.4 is 9.64 Å². The first-order valence-electron chi connectivity index (χ1n) is 8.44. The number of amides is 1. The van der Waals surface area contributed by atoms with E-state index in [-0.39, 0.29) is 12.3 Å². The molecule has 0 aliphatic heterocycles. The van der Waals surface area contributed by atoms with Gasteiger partial charge in [0.2, 0.25) is 5.91 Å². The Balaban J connectivity index is 1.58. The number of ether oxygens (including phenoxy) is 1. The highest BCUT2D eigenvalue weighted by molar-refractivity contribution is 7.09. The molecule has 27 heavy (non-hydrogen) atoms. The third-order valence-electron chi connectivity index (χ3n) is 4.05. The molecule has 0 fully saturated rings. The summed E-state index contributed by atoms with van der Waals surface area (Å²) in [4.78, 5) is 18.5. The van der Waals surface area contributed by atoms with E-state index in [1.165, 1.54) is 16.9 Å². The van der Waals surface area contributed by atoms with Crippen molar-refractivity contribution in [2.75, 3.05) is 11.9 Å². The molecular formula is C21H19N3O2S. The minimum absolute atomic E-state index is 0.0820. The summed E-state index contributed by atoms with van der Waals surface area (Å²) < 4.78 is 5.73. The number of aromatic nitrogens is 1. The standard InChI is InChI=1S/C21H19N3O2S/c1-15-6-8-19(9-7-15)26-13-20-23-17(14-27-20)11-21(25)24(2)18-5-3-4-16(10-18)12-22/h3-10,14H,11,13H2,1-2H3. The molecule has 3 aromatic rings. The molecule has 0 aliphatic carbocycles. The van der Waals surface area contributed by atoms with Crippen molar-refractivity contribution in [2.24, 2.45) is 0 Å². The van der Waals surface area contributed by atoms with E-state index < -0.39 is 0 Å². The van der Waals surface area contributed by atoms with E-state index in [1.54, 1.807) is 36.2 Å². The molecule has 1 aromatic heterocycles. The van der Waals surface area contributed by atoms with Gasteiger partial charge in [-0.3, -0.25) is 4.79 Å². The van der Waals surface area contributed by atoms with E-state index >= 15 is 0 Å². The Labute approximate surface area is 162 Å². The van der Waals surface area contributed by atoms with Gasteiger partial charge in [0.1, 0.15) is 17.4 Å². The van der Waals surface area contributed by atoms with E-state index in [1.807, 2.05) is 36.6 Å². The Morgan fingerprint density at radius 2 is 2.04 bits per heavy atom. The summed E-state index contributed by atoms with van der Waals surface area (Å²) >= 11 is 1.48. The summed E-state index contributed by atoms with van der Waals surface area (Å²) in [6, 6.07) is 16.9. The zero-order valence-corrected chi connectivity index (χ0v) is 16.0. The topological polar surface area (TPSA) is 66.2 Å². The fourth-order valence-corrected chi connectivity index (χ4v) is 3.18. The van der Waals surface area contributed by atoms with Gasteiger partial charge in [-0.2, -0.15) is 5.26 Å². The number of benzene rings is 2. The molecule has 0 aliphatic rings. The van der Waals surface area contributed by atoms with E-state index in [9.17, 15) is 4.79 Å². The Bertz CT molecular complexity index is 974. The fraction of sp³-hybridized carbons (Fsp3) is 0.190. The molecule has 0 N–H and O–H groups in total. The second-order valence-corrected chi connectivity index (χ2v) is 7.07. The fourth-order valence-electron chi connectivity index (χ4n) is 2.48. The van der Waals surface area contributed by atoms with Crippen molar-refractivity contribution < 1.29 is 9.53 Å². The number of anilines is 1. The van der Waals surface area contributed by atoms with Gasteiger partial charge in [-0.05, 0) is 37.3 Å². The lowest BCUT2D eigenvalue weighted by molar-refractivity contribution is -0.117. The molecule has 136 valence electrons. The van der Waals surface area contributed by atoms with Crippen LogP contribution in [-0.4, -0.2) is 17.9 Å². The summed E-state index contributed by atoms with van der Waals surface area (Å²) in [6.07, 6.45) is 0.203. The predicted octanol–water partition coefficient (Wildman–Crippen LogP) is 4.11. The molecule has 6 heteroatoms. The van der Waals surface area contributed by atoms with Gasteiger partial charge in [0.05, 0.1) is 23.7 Å². The van der Waals surface area contributed by atoms with Crippen molar-refractivity contribution in [3.63, 3.8) is 0 Å². The smallest absolute Gasteiger partial charge is 0.232 e. The van der Waals surface area contributed by atoms with Gasteiger partial charge >= 0.3 is 0 Å². The van der Waals surface area contributed by atoms with E-state index in [2.05, 4.69) is 11.1 Å². The molecule has 0 unspecified atom stereocenters. The van der Waals surface area contributed by atoms with Gasteiger partial charge in [0, 0.05) is 18.1 Å². The first-order chi connectivity index (χ1) is 13.0. The first-order valence-corrected chi connectivity index (χ1v) is 9.32. The van der Waals surface area contributed by atoms with Crippen LogP contribution >= 0.6 is 11.3 Å². The Hall–Kier alpha value is -3.17. The summed E-state index contributed by atoms with van der Waals surface area (Å²) in [5.41, 5.74) is 3.12. The molecule has 0 saturated heterocycles. The number of likely N-dealkylation sites (N-methyl/N-ethyl adjacent to an activating group) is 1. The quantitative estimate of drug-likeness (QED) is 0.648. The molecule has 5 nitrogen and oxygen atoms in total. The predicted molar refractivity (Wildman–Crippen MR) is 106 cm³/mol. The van der Waals surface area contributed by atoms with Crippen molar-refractivity contribution in [1.82, 2.24) is 4.98 Å². The number of hydrogen-bond donors (Lipinski definition) is 0. The van der Waals surface area contributed by atoms with Gasteiger partial charge < -0.3 is 9.64 Å². The van der Waals surface area contributed by atoms with Crippen LogP contribution in [0.3, 0.4) is 0 Å². The molecule has 1 heterocycles. The molecule has 3 rings (SSSR count). The van der Waals surface area contributed by atoms with Gasteiger partial charge in [-0.15, -0.1) is 11.3 Å². The van der Waals surface area contributed by atoms with Crippen molar-refractivity contribution in [3.05, 3.63) is 75.7 Å². The monoisotopic (exact) mass is 377 g/mol. The lowest BCUT2D eigenvalue weighted by Gasteiger charge is -2.16. The summed E-state index contributed by atoms with van der Waals surface area (Å²) in [6.45, 7) is 2.41. The van der Waals surface area contributed by atoms with Gasteiger partial charge in [-0.1, -0.05) is 23.8 Å². The maximum absolute atomic E-state index is 12.5. The zero-order valence-electron chi connectivity index (χ0n) is 15.2. The Morgan fingerprint density at radius 3 is 2.78 bits per heavy atom. The number of rotatable bonds is 6. The summed E-state index contributed by atoms with van der Waals surface area (Å²) in [5.74, 6) is 0.715. The van der Waals surface area contributed by atoms with Crippen LogP contribution in [0.1, 0.15) is 21.8 Å². The second kappa shape index (κ2) is 8.47. The number of aryl methyl sites for hydroxylation is 1. The van der Waals surface area contributed by atoms with Crippen LogP contribution in [-0.2, 0) is 17.8 Å². The average molecular weight is 377 g/mol. The SMILES string of the molecule is Cc1ccc(OCc2nc(CC(=O)N(C)c3cccc(C#N)c3)cs2)cc1. The van der Waals surface area contributed by atoms with E-state index in [0.717, 1.165) is 16.5 Å². The molecule has 0 atom stereocenters. The van der Waals surface area contributed by atoms with Crippen LogP contribution in [0.5, 0.6) is 5.75 Å². The number of carbonyl (C=O) groups is 1. The minimum Gasteiger partial charge on any atom is -0.486 e. The maximum atomic E-state index is 12.5. The number of hydrogen-bond acceptors (Lipinski definition) is 5. The van der Waals surface area contributed by atoms with Crippen LogP contribution in [0.4, 0.5) is 5.69 Å². The highest BCUT2D eigenvalue weighted by atomic mass is 32.1. The highest BCUT2D eigenvalue weighted by Crippen LogP contribution is 2.18. The Kier molecular flexibility index (Phi) is 5.84. The molecule has 1 amide bonds. The van der Waals surface area contributed by atoms with Gasteiger partial charge in [0.15, 0.2) is 0 Å². The van der Waals surface area contributed by atoms with Crippen LogP contribution in [0.25, 0.3) is 0 Å². The number of carbonyl (C=O) groups excluding carboxylic acids is 1. The molecule has 2 aromatic carbocycles. The first kappa shape index (κ1) is 18.6. The van der Waals surface area contributed by atoms with Crippen LogP contribution in [0.2, 0.25) is 0 Å². The molecule has 0 spiro atoms. The molecule has 0 bridgehead atoms. The van der Waals surface area contributed by atoms with Gasteiger partial charge in [0.25, 0.3) is 0 Å². The molecule has 0 radical (unpaired) electrons. The third-order valence-corrected chi connectivity index (χ3v) is 4.92. The zero-order chi connectivity index (χ0) is 19.2. The van der Waals surface area contributed by atoms with Crippen molar-refractivity contribution in [1.29, 1.82) is 5.26 Å². The van der Waals surface area contributed by atoms with Crippen molar-refractivity contribution in [2.45, 2.75) is 20.0 Å². The summed E-state index contributed by atoms with van der Waals surface area (Å²) in [5, 5.41) is 11.7.